The maximum absolute atomic E-state index is 12.4. The number of aliphatic imine (C=N–C) groups is 1. The van der Waals surface area contributed by atoms with Crippen molar-refractivity contribution >= 4 is 79.7 Å². The minimum atomic E-state index is -0.551. The summed E-state index contributed by atoms with van der Waals surface area (Å²) in [5.41, 5.74) is 2.50. The number of hydrogen-bond donors (Lipinski definition) is 0. The molecule has 3 aromatic rings. The van der Waals surface area contributed by atoms with Crippen LogP contribution in [0.25, 0.3) is 6.08 Å². The largest absolute Gasteiger partial charge is 0.490 e. The van der Waals surface area contributed by atoms with Gasteiger partial charge in [-0.2, -0.15) is 0 Å². The van der Waals surface area contributed by atoms with Gasteiger partial charge in [-0.25, -0.2) is 9.79 Å². The van der Waals surface area contributed by atoms with E-state index in [9.17, 15) is 4.79 Å². The van der Waals surface area contributed by atoms with Crippen LogP contribution >= 0.6 is 61.7 Å². The number of rotatable bonds is 7. The van der Waals surface area contributed by atoms with Crippen molar-refractivity contribution in [1.82, 2.24) is 0 Å². The van der Waals surface area contributed by atoms with Crippen LogP contribution < -0.4 is 9.47 Å². The Hall–Kier alpha value is -2.07. The molecule has 0 aliphatic carbocycles. The molecule has 4 rings (SSSR count). The molecule has 0 saturated carbocycles. The van der Waals surface area contributed by atoms with Gasteiger partial charge in [-0.05, 0) is 89.2 Å². The number of halogens is 4. The minimum Gasteiger partial charge on any atom is -0.490 e. The minimum absolute atomic E-state index is 0.169. The number of cyclic esters (lactones) is 1. The van der Waals surface area contributed by atoms with E-state index in [1.807, 2.05) is 43.3 Å². The molecule has 34 heavy (non-hydrogen) atoms. The second kappa shape index (κ2) is 11.1. The van der Waals surface area contributed by atoms with Gasteiger partial charge in [0.2, 0.25) is 5.90 Å². The number of esters is 1. The van der Waals surface area contributed by atoms with Crippen LogP contribution in [0, 0.1) is 3.57 Å². The average Bonchev–Trinajstić information content (AvgIpc) is 3.16. The molecule has 0 fully saturated rings. The van der Waals surface area contributed by atoms with E-state index in [4.69, 9.17) is 37.4 Å². The Kier molecular flexibility index (Phi) is 8.18. The summed E-state index contributed by atoms with van der Waals surface area (Å²) in [5.74, 6) is 0.841. The van der Waals surface area contributed by atoms with Crippen molar-refractivity contribution in [2.45, 2.75) is 13.5 Å². The topological polar surface area (TPSA) is 57.1 Å². The number of benzene rings is 3. The highest BCUT2D eigenvalue weighted by Gasteiger charge is 2.25. The molecular formula is C25H17BrCl2INO4. The Labute approximate surface area is 229 Å². The average molecular weight is 673 g/mol. The van der Waals surface area contributed by atoms with Gasteiger partial charge in [0.05, 0.1) is 20.2 Å². The van der Waals surface area contributed by atoms with E-state index in [-0.39, 0.29) is 11.6 Å². The van der Waals surface area contributed by atoms with Crippen molar-refractivity contribution in [3.63, 3.8) is 0 Å². The standard InChI is InChI=1S/C25H17BrCl2INO4/c1-2-32-22-11-15(9-20(29)23(22)33-13-14-3-6-17(26)7-4-14)10-21-25(31)34-24(30-21)16-5-8-18(27)19(28)12-16/h3-12H,2,13H2,1H3/b21-10-. The lowest BCUT2D eigenvalue weighted by molar-refractivity contribution is -0.129. The molecule has 0 bridgehead atoms. The van der Waals surface area contributed by atoms with E-state index in [2.05, 4.69) is 43.5 Å². The van der Waals surface area contributed by atoms with Crippen LogP contribution in [0.1, 0.15) is 23.6 Å². The summed E-state index contributed by atoms with van der Waals surface area (Å²) in [6.45, 7) is 2.76. The first-order valence-electron chi connectivity index (χ1n) is 10.2. The molecule has 174 valence electrons. The number of carbonyl (C=O) groups excluding carboxylic acids is 1. The van der Waals surface area contributed by atoms with Gasteiger partial charge in [-0.15, -0.1) is 0 Å². The van der Waals surface area contributed by atoms with Gasteiger partial charge in [0, 0.05) is 10.0 Å². The Morgan fingerprint density at radius 2 is 1.82 bits per heavy atom. The second-order valence-corrected chi connectivity index (χ2v) is 10.0. The van der Waals surface area contributed by atoms with E-state index >= 15 is 0 Å². The maximum Gasteiger partial charge on any atom is 0.363 e. The molecule has 1 heterocycles. The van der Waals surface area contributed by atoms with Crippen molar-refractivity contribution in [2.75, 3.05) is 6.61 Å². The summed E-state index contributed by atoms with van der Waals surface area (Å²) in [6.07, 6.45) is 1.65. The zero-order valence-electron chi connectivity index (χ0n) is 17.8. The van der Waals surface area contributed by atoms with Gasteiger partial charge in [0.25, 0.3) is 0 Å². The molecule has 0 atom stereocenters. The van der Waals surface area contributed by atoms with Crippen molar-refractivity contribution in [3.8, 4) is 11.5 Å². The third-order valence-corrected chi connectivity index (χ3v) is 6.79. The summed E-state index contributed by atoms with van der Waals surface area (Å²) in [4.78, 5) is 16.8. The zero-order valence-corrected chi connectivity index (χ0v) is 23.0. The second-order valence-electron chi connectivity index (χ2n) is 7.14. The van der Waals surface area contributed by atoms with Crippen LogP contribution in [0.2, 0.25) is 10.0 Å². The molecule has 1 aliphatic rings. The first-order valence-corrected chi connectivity index (χ1v) is 12.8. The normalized spacial score (nSPS) is 14.2. The fourth-order valence-corrected chi connectivity index (χ4v) is 4.47. The van der Waals surface area contributed by atoms with E-state index in [0.29, 0.717) is 40.3 Å². The third-order valence-electron chi connectivity index (χ3n) is 4.72. The molecule has 5 nitrogen and oxygen atoms in total. The Morgan fingerprint density at radius 3 is 2.53 bits per heavy atom. The molecule has 1 aliphatic heterocycles. The molecule has 0 radical (unpaired) electrons. The zero-order chi connectivity index (χ0) is 24.2. The summed E-state index contributed by atoms with van der Waals surface area (Å²) in [6, 6.07) is 16.6. The van der Waals surface area contributed by atoms with Gasteiger partial charge in [-0.1, -0.05) is 51.3 Å². The SMILES string of the molecule is CCOc1cc(/C=C2\N=C(c3ccc(Cl)c(Cl)c3)OC2=O)cc(I)c1OCc1ccc(Br)cc1. The number of carbonyl (C=O) groups is 1. The summed E-state index contributed by atoms with van der Waals surface area (Å²) < 4.78 is 19.1. The smallest absolute Gasteiger partial charge is 0.363 e. The van der Waals surface area contributed by atoms with Gasteiger partial charge in [0.1, 0.15) is 6.61 Å². The van der Waals surface area contributed by atoms with Crippen LogP contribution in [-0.2, 0) is 16.1 Å². The molecule has 9 heteroatoms. The molecule has 0 spiro atoms. The monoisotopic (exact) mass is 671 g/mol. The molecule has 3 aromatic carbocycles. The predicted octanol–water partition coefficient (Wildman–Crippen LogP) is 7.68. The summed E-state index contributed by atoms with van der Waals surface area (Å²) in [5, 5.41) is 0.761. The van der Waals surface area contributed by atoms with Crippen LogP contribution in [0.4, 0.5) is 0 Å². The summed E-state index contributed by atoms with van der Waals surface area (Å²) >= 11 is 17.7. The van der Waals surface area contributed by atoms with Gasteiger partial charge >= 0.3 is 5.97 Å². The Morgan fingerprint density at radius 1 is 1.06 bits per heavy atom. The lowest BCUT2D eigenvalue weighted by Crippen LogP contribution is -2.05. The summed E-state index contributed by atoms with van der Waals surface area (Å²) in [7, 11) is 0. The van der Waals surface area contributed by atoms with Gasteiger partial charge in [0.15, 0.2) is 17.2 Å². The van der Waals surface area contributed by atoms with Crippen LogP contribution in [0.15, 0.2) is 69.8 Å². The Bertz CT molecular complexity index is 1310. The highest BCUT2D eigenvalue weighted by molar-refractivity contribution is 14.1. The van der Waals surface area contributed by atoms with E-state index < -0.39 is 5.97 Å². The highest BCUT2D eigenvalue weighted by Crippen LogP contribution is 2.36. The van der Waals surface area contributed by atoms with Crippen molar-refractivity contribution in [1.29, 1.82) is 0 Å². The van der Waals surface area contributed by atoms with Crippen molar-refractivity contribution < 1.29 is 19.0 Å². The third kappa shape index (κ3) is 5.94. The van der Waals surface area contributed by atoms with Crippen molar-refractivity contribution in [3.05, 3.63) is 95.1 Å². The van der Waals surface area contributed by atoms with Crippen molar-refractivity contribution in [2.24, 2.45) is 4.99 Å². The lowest BCUT2D eigenvalue weighted by Gasteiger charge is -2.15. The first-order chi connectivity index (χ1) is 16.3. The molecule has 0 N–H and O–H groups in total. The fourth-order valence-electron chi connectivity index (χ4n) is 3.13. The fraction of sp³-hybridized carbons (Fsp3) is 0.120. The number of nitrogens with zero attached hydrogens (tertiary/aromatic N) is 1. The quantitative estimate of drug-likeness (QED) is 0.147. The molecule has 0 amide bonds. The molecule has 0 unspecified atom stereocenters. The van der Waals surface area contributed by atoms with Crippen LogP contribution in [0.3, 0.4) is 0 Å². The maximum atomic E-state index is 12.4. The van der Waals surface area contributed by atoms with E-state index in [0.717, 1.165) is 19.2 Å². The Balaban J connectivity index is 1.61. The lowest BCUT2D eigenvalue weighted by atomic mass is 10.1. The molecule has 0 aromatic heterocycles. The van der Waals surface area contributed by atoms with Crippen LogP contribution in [0.5, 0.6) is 11.5 Å². The molecule has 0 saturated heterocycles. The highest BCUT2D eigenvalue weighted by atomic mass is 127. The predicted molar refractivity (Wildman–Crippen MR) is 146 cm³/mol. The number of hydrogen-bond acceptors (Lipinski definition) is 5. The van der Waals surface area contributed by atoms with E-state index in [1.165, 1.54) is 0 Å². The van der Waals surface area contributed by atoms with Gasteiger partial charge in [-0.3, -0.25) is 0 Å². The first kappa shape index (κ1) is 25.0. The van der Waals surface area contributed by atoms with E-state index in [1.54, 1.807) is 24.3 Å². The number of ether oxygens (including phenoxy) is 3. The van der Waals surface area contributed by atoms with Crippen LogP contribution in [-0.4, -0.2) is 18.5 Å². The molecular weight excluding hydrogens is 656 g/mol. The van der Waals surface area contributed by atoms with Gasteiger partial charge < -0.3 is 14.2 Å².